The molecule has 0 aromatic heterocycles. The molecule has 23 heavy (non-hydrogen) atoms. The lowest BCUT2D eigenvalue weighted by molar-refractivity contribution is 0.305. The van der Waals surface area contributed by atoms with E-state index in [0.717, 1.165) is 17.5 Å². The Kier molecular flexibility index (Phi) is 4.48. The Balaban J connectivity index is 1.86. The van der Waals surface area contributed by atoms with Crippen molar-refractivity contribution in [2.45, 2.75) is 13.0 Å². The van der Waals surface area contributed by atoms with Crippen molar-refractivity contribution < 1.29 is 4.74 Å². The Labute approximate surface area is 136 Å². The van der Waals surface area contributed by atoms with Gasteiger partial charge in [0.2, 0.25) is 0 Å². The van der Waals surface area contributed by atoms with Crippen molar-refractivity contribution >= 4 is 11.4 Å². The van der Waals surface area contributed by atoms with Crippen molar-refractivity contribution in [1.82, 2.24) is 0 Å². The second-order valence-electron chi connectivity index (χ2n) is 5.49. The molecule has 3 aromatic rings. The van der Waals surface area contributed by atoms with Gasteiger partial charge in [-0.3, -0.25) is 0 Å². The van der Waals surface area contributed by atoms with Gasteiger partial charge in [-0.2, -0.15) is 0 Å². The lowest BCUT2D eigenvalue weighted by Crippen LogP contribution is -2.05. The molecule has 0 fully saturated rings. The molecule has 0 radical (unpaired) electrons. The molecule has 3 rings (SSSR count). The topological polar surface area (TPSA) is 61.3 Å². The summed E-state index contributed by atoms with van der Waals surface area (Å²) in [5.41, 5.74) is 16.5. The van der Waals surface area contributed by atoms with E-state index in [1.807, 2.05) is 60.7 Å². The zero-order chi connectivity index (χ0) is 16.1. The van der Waals surface area contributed by atoms with Crippen LogP contribution in [0.15, 0.2) is 72.8 Å². The van der Waals surface area contributed by atoms with Crippen molar-refractivity contribution in [3.05, 3.63) is 89.5 Å². The highest BCUT2D eigenvalue weighted by Gasteiger charge is 2.12. The number of nitrogen functional groups attached to an aromatic ring is 2. The molecule has 3 heteroatoms. The van der Waals surface area contributed by atoms with E-state index in [4.69, 9.17) is 16.2 Å². The van der Waals surface area contributed by atoms with Crippen LogP contribution in [0.5, 0.6) is 5.75 Å². The first-order valence-electron chi connectivity index (χ1n) is 7.61. The standard InChI is InChI=1S/C20H20N2O/c21-18-12-11-17(13-15-7-3-1-4-8-15)20(19(18)22)23-14-16-9-5-2-6-10-16/h1-12H,13-14,21-22H2. The number of benzene rings is 3. The molecule has 116 valence electrons. The van der Waals surface area contributed by atoms with E-state index >= 15 is 0 Å². The molecular formula is C20H20N2O. The van der Waals surface area contributed by atoms with Crippen molar-refractivity contribution in [2.75, 3.05) is 11.5 Å². The minimum absolute atomic E-state index is 0.469. The first-order valence-corrected chi connectivity index (χ1v) is 7.61. The van der Waals surface area contributed by atoms with Gasteiger partial charge in [0.15, 0.2) is 0 Å². The van der Waals surface area contributed by atoms with Gasteiger partial charge in [-0.1, -0.05) is 66.7 Å². The number of hydrogen-bond donors (Lipinski definition) is 2. The van der Waals surface area contributed by atoms with Crippen LogP contribution in [-0.4, -0.2) is 0 Å². The molecule has 0 saturated carbocycles. The van der Waals surface area contributed by atoms with Crippen LogP contribution in [0.2, 0.25) is 0 Å². The summed E-state index contributed by atoms with van der Waals surface area (Å²) in [5, 5.41) is 0. The first-order chi connectivity index (χ1) is 11.2. The summed E-state index contributed by atoms with van der Waals surface area (Å²) >= 11 is 0. The Morgan fingerprint density at radius 2 is 1.30 bits per heavy atom. The van der Waals surface area contributed by atoms with Crippen LogP contribution < -0.4 is 16.2 Å². The summed E-state index contributed by atoms with van der Waals surface area (Å²) in [7, 11) is 0. The number of anilines is 2. The van der Waals surface area contributed by atoms with Crippen LogP contribution in [0.25, 0.3) is 0 Å². The maximum Gasteiger partial charge on any atom is 0.148 e. The molecule has 0 amide bonds. The summed E-state index contributed by atoms with van der Waals surface area (Å²) in [5.74, 6) is 0.678. The van der Waals surface area contributed by atoms with Gasteiger partial charge in [0, 0.05) is 12.0 Å². The third-order valence-corrected chi connectivity index (χ3v) is 3.77. The largest absolute Gasteiger partial charge is 0.486 e. The number of ether oxygens (including phenoxy) is 1. The van der Waals surface area contributed by atoms with Crippen LogP contribution in [0.3, 0.4) is 0 Å². The SMILES string of the molecule is Nc1ccc(Cc2ccccc2)c(OCc2ccccc2)c1N. The molecule has 0 heterocycles. The minimum Gasteiger partial charge on any atom is -0.486 e. The lowest BCUT2D eigenvalue weighted by atomic mass is 10.0. The van der Waals surface area contributed by atoms with E-state index in [9.17, 15) is 0 Å². The van der Waals surface area contributed by atoms with Crippen LogP contribution >= 0.6 is 0 Å². The molecule has 0 saturated heterocycles. The van der Waals surface area contributed by atoms with E-state index in [2.05, 4.69) is 12.1 Å². The fourth-order valence-electron chi connectivity index (χ4n) is 2.52. The quantitative estimate of drug-likeness (QED) is 0.700. The van der Waals surface area contributed by atoms with Crippen molar-refractivity contribution in [3.8, 4) is 5.75 Å². The Bertz CT molecular complexity index is 770. The molecule has 0 bridgehead atoms. The van der Waals surface area contributed by atoms with Gasteiger partial charge >= 0.3 is 0 Å². The van der Waals surface area contributed by atoms with Gasteiger partial charge < -0.3 is 16.2 Å². The molecule has 0 aliphatic carbocycles. The fraction of sp³-hybridized carbons (Fsp3) is 0.100. The molecule has 0 atom stereocenters. The van der Waals surface area contributed by atoms with E-state index in [-0.39, 0.29) is 0 Å². The minimum atomic E-state index is 0.469. The van der Waals surface area contributed by atoms with Gasteiger partial charge in [-0.15, -0.1) is 0 Å². The zero-order valence-electron chi connectivity index (χ0n) is 12.9. The highest BCUT2D eigenvalue weighted by molar-refractivity contribution is 5.73. The summed E-state index contributed by atoms with van der Waals surface area (Å²) in [6.07, 6.45) is 0.759. The van der Waals surface area contributed by atoms with E-state index < -0.39 is 0 Å². The zero-order valence-corrected chi connectivity index (χ0v) is 12.9. The predicted molar refractivity (Wildman–Crippen MR) is 95.3 cm³/mol. The average Bonchev–Trinajstić information content (AvgIpc) is 2.60. The van der Waals surface area contributed by atoms with Gasteiger partial charge in [-0.05, 0) is 17.2 Å². The summed E-state index contributed by atoms with van der Waals surface area (Å²) in [4.78, 5) is 0. The smallest absolute Gasteiger partial charge is 0.148 e. The number of nitrogens with two attached hydrogens (primary N) is 2. The summed E-state index contributed by atoms with van der Waals surface area (Å²) < 4.78 is 6.00. The monoisotopic (exact) mass is 304 g/mol. The van der Waals surface area contributed by atoms with Gasteiger partial charge in [-0.25, -0.2) is 0 Å². The lowest BCUT2D eigenvalue weighted by Gasteiger charge is -2.16. The van der Waals surface area contributed by atoms with Crippen LogP contribution in [0.1, 0.15) is 16.7 Å². The molecule has 0 aliphatic rings. The first kappa shape index (κ1) is 15.0. The highest BCUT2D eigenvalue weighted by atomic mass is 16.5. The Morgan fingerprint density at radius 1 is 0.696 bits per heavy atom. The molecule has 3 nitrogen and oxygen atoms in total. The fourth-order valence-corrected chi connectivity index (χ4v) is 2.52. The van der Waals surface area contributed by atoms with Gasteiger partial charge in [0.1, 0.15) is 12.4 Å². The Hall–Kier alpha value is -2.94. The third-order valence-electron chi connectivity index (χ3n) is 3.77. The maximum absolute atomic E-state index is 6.15. The van der Waals surface area contributed by atoms with Crippen molar-refractivity contribution in [3.63, 3.8) is 0 Å². The number of hydrogen-bond acceptors (Lipinski definition) is 3. The predicted octanol–water partition coefficient (Wildman–Crippen LogP) is 4.02. The van der Waals surface area contributed by atoms with E-state index in [0.29, 0.717) is 23.7 Å². The molecule has 3 aromatic carbocycles. The van der Waals surface area contributed by atoms with Gasteiger partial charge in [0.05, 0.1) is 11.4 Å². The third kappa shape index (κ3) is 3.64. The maximum atomic E-state index is 6.15. The molecule has 4 N–H and O–H groups in total. The number of rotatable bonds is 5. The molecule has 0 spiro atoms. The van der Waals surface area contributed by atoms with E-state index in [1.165, 1.54) is 5.56 Å². The van der Waals surface area contributed by atoms with Crippen molar-refractivity contribution in [1.29, 1.82) is 0 Å². The van der Waals surface area contributed by atoms with Crippen LogP contribution in [-0.2, 0) is 13.0 Å². The summed E-state index contributed by atoms with van der Waals surface area (Å²) in [6.45, 7) is 0.469. The second-order valence-corrected chi connectivity index (χ2v) is 5.49. The molecule has 0 unspecified atom stereocenters. The summed E-state index contributed by atoms with van der Waals surface area (Å²) in [6, 6.07) is 24.1. The molecule has 0 aliphatic heterocycles. The van der Waals surface area contributed by atoms with E-state index in [1.54, 1.807) is 0 Å². The van der Waals surface area contributed by atoms with Crippen molar-refractivity contribution in [2.24, 2.45) is 0 Å². The average molecular weight is 304 g/mol. The van der Waals surface area contributed by atoms with Gasteiger partial charge in [0.25, 0.3) is 0 Å². The molecular weight excluding hydrogens is 284 g/mol. The highest BCUT2D eigenvalue weighted by Crippen LogP contribution is 2.33. The van der Waals surface area contributed by atoms with Crippen LogP contribution in [0.4, 0.5) is 11.4 Å². The van der Waals surface area contributed by atoms with Crippen LogP contribution in [0, 0.1) is 0 Å². The Morgan fingerprint density at radius 3 is 1.96 bits per heavy atom. The normalized spacial score (nSPS) is 10.4. The second kappa shape index (κ2) is 6.88.